The third-order valence-electron chi connectivity index (χ3n) is 5.83. The standard InChI is InChI=1S/C9H15NO3.C8H17NO2.C7H16N2O2.C3Cl6O3.C2H4O2.Na.H2O/c1-10-5-3-2-4-7-6-8(11)13-9(7)12;1-7(8(10)11)5-3-4-6-9-2;1-9-5-3-2-4-6(8)7(10)11;4-2(5,6)11-1(10)12-3(7,8)9;1-2(3)4;;/h7,10H,2-6H2,1H3;7,9H,3-6H2,1-2H3,(H,10,11);6,9H,2-5,8H2,1H3,(H,10,11);;1H3,(H,3,4);;1H2/q;;;;;+1;/p-1. The monoisotopic (exact) mass is 898 g/mol. The molecular formula is C29H53Cl6N4NaO13. The summed E-state index contributed by atoms with van der Waals surface area (Å²) in [5, 5.41) is 33.4. The molecule has 53 heavy (non-hydrogen) atoms. The summed E-state index contributed by atoms with van der Waals surface area (Å²) in [7, 11) is 5.67. The number of hydrogen-bond donors (Lipinski definition) is 7. The number of ether oxygens (including phenoxy) is 3. The Kier molecular flexibility index (Phi) is 48.0. The third-order valence-corrected chi connectivity index (χ3v) is 6.30. The van der Waals surface area contributed by atoms with E-state index in [-0.39, 0.29) is 65.2 Å². The summed E-state index contributed by atoms with van der Waals surface area (Å²) in [5.74, 6) is -3.50. The summed E-state index contributed by atoms with van der Waals surface area (Å²) in [6.07, 6.45) is 6.91. The molecule has 0 aromatic rings. The molecule has 17 nitrogen and oxygen atoms in total. The number of aliphatic carboxylic acids is 3. The van der Waals surface area contributed by atoms with Crippen LogP contribution in [0.3, 0.4) is 0 Å². The average molecular weight is 901 g/mol. The Morgan fingerprint density at radius 3 is 1.47 bits per heavy atom. The van der Waals surface area contributed by atoms with E-state index < -0.39 is 38.1 Å². The van der Waals surface area contributed by atoms with Crippen LogP contribution < -0.4 is 51.2 Å². The van der Waals surface area contributed by atoms with E-state index in [9.17, 15) is 24.0 Å². The molecule has 0 radical (unpaired) electrons. The van der Waals surface area contributed by atoms with Crippen LogP contribution in [0.5, 0.6) is 0 Å². The molecule has 1 heterocycles. The van der Waals surface area contributed by atoms with Gasteiger partial charge in [0, 0.05) is 6.92 Å². The van der Waals surface area contributed by atoms with E-state index in [1.807, 2.05) is 21.1 Å². The molecule has 0 saturated carbocycles. The maximum absolute atomic E-state index is 11.0. The molecule has 1 fully saturated rings. The maximum atomic E-state index is 11.0. The van der Waals surface area contributed by atoms with Crippen molar-refractivity contribution in [1.82, 2.24) is 16.0 Å². The zero-order chi connectivity index (χ0) is 40.6. The number of nitrogens with one attached hydrogen (secondary N) is 3. The van der Waals surface area contributed by atoms with Crippen LogP contribution in [-0.4, -0.2) is 112 Å². The Morgan fingerprint density at radius 1 is 0.792 bits per heavy atom. The number of rotatable bonds is 17. The molecule has 0 amide bonds. The Morgan fingerprint density at radius 2 is 1.17 bits per heavy atom. The second-order valence-corrected chi connectivity index (χ2v) is 14.9. The van der Waals surface area contributed by atoms with E-state index >= 15 is 0 Å². The van der Waals surface area contributed by atoms with Crippen LogP contribution in [0, 0.1) is 11.8 Å². The first-order valence-electron chi connectivity index (χ1n) is 15.6. The van der Waals surface area contributed by atoms with Crippen molar-refractivity contribution in [2.75, 3.05) is 40.8 Å². The molecule has 0 bridgehead atoms. The summed E-state index contributed by atoms with van der Waals surface area (Å²) in [4.78, 5) is 61.8. The molecule has 0 aliphatic carbocycles. The maximum Gasteiger partial charge on any atom is 1.00 e. The number of alkyl halides is 6. The molecule has 0 spiro atoms. The molecule has 0 aromatic heterocycles. The van der Waals surface area contributed by atoms with Gasteiger partial charge in [0.2, 0.25) is 0 Å². The van der Waals surface area contributed by atoms with Gasteiger partial charge in [-0.15, -0.1) is 0 Å². The molecule has 1 aliphatic rings. The van der Waals surface area contributed by atoms with Crippen molar-refractivity contribution in [3.8, 4) is 0 Å². The van der Waals surface area contributed by atoms with Gasteiger partial charge in [0.15, 0.2) is 0 Å². The van der Waals surface area contributed by atoms with Crippen LogP contribution in [0.25, 0.3) is 0 Å². The minimum absolute atomic E-state index is 0. The van der Waals surface area contributed by atoms with Crippen LogP contribution >= 0.6 is 69.6 Å². The number of nitrogens with two attached hydrogens (primary N) is 1. The number of carboxylic acids is 3. The Balaban J connectivity index is -0.000000133. The Bertz CT molecular complexity index is 948. The molecule has 3 unspecified atom stereocenters. The second-order valence-electron chi connectivity index (χ2n) is 10.5. The fraction of sp³-hybridized carbons (Fsp3) is 0.793. The van der Waals surface area contributed by atoms with Crippen LogP contribution in [0.4, 0.5) is 4.79 Å². The van der Waals surface area contributed by atoms with Crippen molar-refractivity contribution in [2.24, 2.45) is 17.6 Å². The van der Waals surface area contributed by atoms with Gasteiger partial charge < -0.3 is 56.7 Å². The zero-order valence-electron chi connectivity index (χ0n) is 30.7. The molecule has 9 N–H and O–H groups in total. The molecular weight excluding hydrogens is 848 g/mol. The molecule has 1 rings (SSSR count). The van der Waals surface area contributed by atoms with Gasteiger partial charge in [-0.2, -0.15) is 0 Å². The van der Waals surface area contributed by atoms with Crippen molar-refractivity contribution in [3.05, 3.63) is 0 Å². The van der Waals surface area contributed by atoms with Crippen LogP contribution in [0.2, 0.25) is 0 Å². The van der Waals surface area contributed by atoms with E-state index in [2.05, 4.69) is 30.2 Å². The average Bonchev–Trinajstić information content (AvgIpc) is 3.30. The van der Waals surface area contributed by atoms with Gasteiger partial charge in [-0.25, -0.2) is 4.79 Å². The number of esters is 2. The van der Waals surface area contributed by atoms with Crippen molar-refractivity contribution >= 4 is 106 Å². The van der Waals surface area contributed by atoms with E-state index in [4.69, 9.17) is 95.5 Å². The molecule has 1 saturated heterocycles. The minimum Gasteiger partial charge on any atom is -0.870 e. The normalized spacial score (nSPS) is 14.1. The van der Waals surface area contributed by atoms with Gasteiger partial charge >= 0.3 is 67.5 Å². The number of unbranched alkanes of at least 4 members (excludes halogenated alkanes) is 3. The largest absolute Gasteiger partial charge is 1.00 e. The second kappa shape index (κ2) is 39.6. The predicted molar refractivity (Wildman–Crippen MR) is 198 cm³/mol. The van der Waals surface area contributed by atoms with Crippen LogP contribution in [0.15, 0.2) is 0 Å². The first-order valence-corrected chi connectivity index (χ1v) is 17.8. The predicted octanol–water partition coefficient (Wildman–Crippen LogP) is 2.06. The molecule has 310 valence electrons. The van der Waals surface area contributed by atoms with Crippen LogP contribution in [-0.2, 0) is 38.2 Å². The van der Waals surface area contributed by atoms with Crippen LogP contribution in [0.1, 0.15) is 78.1 Å². The fourth-order valence-electron chi connectivity index (χ4n) is 3.31. The van der Waals surface area contributed by atoms with E-state index in [1.165, 1.54) is 0 Å². The fourth-order valence-corrected chi connectivity index (χ4v) is 3.69. The van der Waals surface area contributed by atoms with Gasteiger partial charge in [0.05, 0.1) is 18.3 Å². The summed E-state index contributed by atoms with van der Waals surface area (Å²) in [6.45, 7) is 5.69. The topological polar surface area (TPSA) is 283 Å². The number of hydrogen-bond acceptors (Lipinski definition) is 14. The van der Waals surface area contributed by atoms with Gasteiger partial charge in [-0.1, -0.05) is 26.2 Å². The number of halogens is 6. The van der Waals surface area contributed by atoms with Gasteiger partial charge in [0.25, 0.3) is 5.97 Å². The van der Waals surface area contributed by atoms with Crippen molar-refractivity contribution in [3.63, 3.8) is 0 Å². The van der Waals surface area contributed by atoms with Crippen molar-refractivity contribution in [1.29, 1.82) is 0 Å². The van der Waals surface area contributed by atoms with E-state index in [0.717, 1.165) is 77.9 Å². The first-order chi connectivity index (χ1) is 23.4. The smallest absolute Gasteiger partial charge is 0.870 e. The molecule has 24 heteroatoms. The molecule has 1 aliphatic heterocycles. The summed E-state index contributed by atoms with van der Waals surface area (Å²) >= 11 is 30.2. The summed E-state index contributed by atoms with van der Waals surface area (Å²) in [6, 6.07) is -0.688. The zero-order valence-corrected chi connectivity index (χ0v) is 37.3. The SMILES string of the molecule is CC(=O)O.CNCCCCC(C)C(=O)O.CNCCCCC(N)C(=O)O.CNCCCCC1CC(=O)OC1=O.O=C(OC(Cl)(Cl)Cl)OC(Cl)(Cl)Cl.[Na+].[OH-]. The number of carboxylic acid groups (broad SMARTS) is 3. The van der Waals surface area contributed by atoms with E-state index in [1.54, 1.807) is 6.92 Å². The Labute approximate surface area is 362 Å². The number of cyclic esters (lactones) is 2. The van der Waals surface area contributed by atoms with E-state index in [0.29, 0.717) is 6.42 Å². The minimum atomic E-state index is -2.24. The summed E-state index contributed by atoms with van der Waals surface area (Å²) in [5.41, 5.74) is 5.28. The quantitative estimate of drug-likeness (QED) is 0.0362. The number of carbonyl (C=O) groups is 6. The van der Waals surface area contributed by atoms with Gasteiger partial charge in [-0.05, 0) is 149 Å². The molecule has 3 atom stereocenters. The first kappa shape index (κ1) is 64.3. The summed E-state index contributed by atoms with van der Waals surface area (Å²) < 4.78 is 7.94. The number of carbonyl (C=O) groups excluding carboxylic acids is 3. The third kappa shape index (κ3) is 55.8. The van der Waals surface area contributed by atoms with Crippen molar-refractivity contribution in [2.45, 2.75) is 92.1 Å². The van der Waals surface area contributed by atoms with Gasteiger partial charge in [0.1, 0.15) is 6.04 Å². The Hall–Kier alpha value is -0.640. The molecule has 0 aromatic carbocycles. The van der Waals surface area contributed by atoms with Gasteiger partial charge in [-0.3, -0.25) is 24.0 Å². The van der Waals surface area contributed by atoms with Crippen molar-refractivity contribution < 1.29 is 93.3 Å².